The van der Waals surface area contributed by atoms with Gasteiger partial charge >= 0.3 is 0 Å². The zero-order chi connectivity index (χ0) is 10.0. The maximum Gasteiger partial charge on any atom is 0.110 e. The maximum atomic E-state index is 10.4. The lowest BCUT2D eigenvalue weighted by molar-refractivity contribution is -0.300. The molecule has 13 heavy (non-hydrogen) atoms. The maximum absolute atomic E-state index is 10.4. The first-order valence-electron chi connectivity index (χ1n) is 4.06. The fourth-order valence-corrected chi connectivity index (χ4v) is 1.28. The first-order valence-corrected chi connectivity index (χ1v) is 4.06. The van der Waals surface area contributed by atoms with Crippen molar-refractivity contribution >= 4 is 5.97 Å². The number of carboxylic acid groups (broad SMARTS) is 1. The van der Waals surface area contributed by atoms with Gasteiger partial charge in [0.05, 0.1) is 5.97 Å². The molecule has 0 fully saturated rings. The van der Waals surface area contributed by atoms with Gasteiger partial charge in [0.2, 0.25) is 0 Å². The third-order valence-electron chi connectivity index (χ3n) is 2.12. The number of hydrogen-bond acceptors (Lipinski definition) is 4. The molecule has 2 N–H and O–H groups in total. The topological polar surface area (TPSA) is 80.6 Å². The van der Waals surface area contributed by atoms with Crippen molar-refractivity contribution in [1.29, 1.82) is 0 Å². The molecular weight excluding hydrogens is 172 g/mol. The second-order valence-corrected chi connectivity index (χ2v) is 2.89. The van der Waals surface area contributed by atoms with Crippen LogP contribution in [0.15, 0.2) is 23.3 Å². The van der Waals surface area contributed by atoms with Crippen molar-refractivity contribution < 1.29 is 20.1 Å². The molecule has 4 nitrogen and oxygen atoms in total. The van der Waals surface area contributed by atoms with E-state index < -0.39 is 18.2 Å². The highest BCUT2D eigenvalue weighted by Crippen LogP contribution is 2.21. The fourth-order valence-electron chi connectivity index (χ4n) is 1.28. The van der Waals surface area contributed by atoms with Crippen molar-refractivity contribution in [3.8, 4) is 0 Å². The number of carbonyl (C=O) groups excluding carboxylic acids is 1. The van der Waals surface area contributed by atoms with Crippen molar-refractivity contribution in [3.05, 3.63) is 23.3 Å². The lowest BCUT2D eigenvalue weighted by Gasteiger charge is -2.26. The van der Waals surface area contributed by atoms with Crippen LogP contribution in [-0.4, -0.2) is 28.4 Å². The van der Waals surface area contributed by atoms with Gasteiger partial charge in [-0.25, -0.2) is 0 Å². The van der Waals surface area contributed by atoms with Crippen molar-refractivity contribution in [1.82, 2.24) is 0 Å². The molecule has 1 aliphatic rings. The largest absolute Gasteiger partial charge is 0.545 e. The van der Waals surface area contributed by atoms with Crippen LogP contribution in [0.3, 0.4) is 0 Å². The first-order chi connectivity index (χ1) is 6.07. The predicted molar refractivity (Wildman–Crippen MR) is 43.5 cm³/mol. The van der Waals surface area contributed by atoms with Crippen LogP contribution in [0.5, 0.6) is 0 Å². The lowest BCUT2D eigenvalue weighted by atomic mass is 9.91. The molecule has 0 bridgehead atoms. The number of carbonyl (C=O) groups is 1. The van der Waals surface area contributed by atoms with Gasteiger partial charge in [-0.1, -0.05) is 19.1 Å². The number of aliphatic carboxylic acids is 1. The summed E-state index contributed by atoms with van der Waals surface area (Å²) >= 11 is 0. The van der Waals surface area contributed by atoms with Gasteiger partial charge < -0.3 is 20.1 Å². The van der Waals surface area contributed by atoms with E-state index in [2.05, 4.69) is 0 Å². The van der Waals surface area contributed by atoms with Gasteiger partial charge in [-0.15, -0.1) is 0 Å². The third-order valence-corrected chi connectivity index (χ3v) is 2.12. The second-order valence-electron chi connectivity index (χ2n) is 2.89. The molecule has 0 unspecified atom stereocenters. The molecule has 72 valence electrons. The van der Waals surface area contributed by atoms with Crippen LogP contribution in [0.2, 0.25) is 0 Å². The van der Waals surface area contributed by atoms with Gasteiger partial charge in [0.25, 0.3) is 0 Å². The summed E-state index contributed by atoms with van der Waals surface area (Å²) in [7, 11) is 0. The summed E-state index contributed by atoms with van der Waals surface area (Å²) in [5.74, 6) is -1.45. The van der Waals surface area contributed by atoms with Crippen molar-refractivity contribution in [2.75, 3.05) is 0 Å². The molecule has 0 aromatic heterocycles. The zero-order valence-corrected chi connectivity index (χ0v) is 7.23. The highest BCUT2D eigenvalue weighted by molar-refractivity contribution is 5.87. The van der Waals surface area contributed by atoms with Crippen molar-refractivity contribution in [2.24, 2.45) is 0 Å². The average molecular weight is 183 g/mol. The summed E-state index contributed by atoms with van der Waals surface area (Å²) in [4.78, 5) is 10.4. The van der Waals surface area contributed by atoms with Crippen LogP contribution < -0.4 is 5.11 Å². The van der Waals surface area contributed by atoms with Gasteiger partial charge in [-0.2, -0.15) is 0 Å². The molecule has 0 amide bonds. The molecule has 0 aromatic rings. The fraction of sp³-hybridized carbons (Fsp3) is 0.444. The van der Waals surface area contributed by atoms with Gasteiger partial charge in [-0.05, 0) is 12.0 Å². The molecule has 0 saturated heterocycles. The van der Waals surface area contributed by atoms with Crippen LogP contribution in [-0.2, 0) is 4.79 Å². The SMILES string of the molecule is CCC1=CC=C(C(=O)[O-])[C@@H](O)[C@H]1O. The van der Waals surface area contributed by atoms with Crippen molar-refractivity contribution in [3.63, 3.8) is 0 Å². The molecule has 0 radical (unpaired) electrons. The first kappa shape index (κ1) is 9.95. The highest BCUT2D eigenvalue weighted by atomic mass is 16.4. The van der Waals surface area contributed by atoms with Crippen LogP contribution >= 0.6 is 0 Å². The molecule has 1 rings (SSSR count). The Kier molecular flexibility index (Phi) is 2.85. The Bertz CT molecular complexity index is 277. The van der Waals surface area contributed by atoms with E-state index in [1.165, 1.54) is 12.2 Å². The Hall–Kier alpha value is -1.13. The molecule has 0 aromatic carbocycles. The molecule has 0 aliphatic heterocycles. The Labute approximate surface area is 75.8 Å². The number of rotatable bonds is 2. The standard InChI is InChI=1S/C9H12O4/c1-2-5-3-4-6(9(12)13)8(11)7(5)10/h3-4,7-8,10-11H,2H2,1H3,(H,12,13)/p-1/t7-,8+/m0/s1. The number of allylic oxidation sites excluding steroid dienone is 2. The van der Waals surface area contributed by atoms with E-state index in [1.54, 1.807) is 0 Å². The number of aliphatic hydroxyl groups is 2. The Balaban J connectivity index is 2.97. The number of aliphatic hydroxyl groups excluding tert-OH is 2. The predicted octanol–water partition coefficient (Wildman–Crippen LogP) is -1.27. The summed E-state index contributed by atoms with van der Waals surface area (Å²) in [5.41, 5.74) is 0.349. The quantitative estimate of drug-likeness (QED) is 0.559. The minimum absolute atomic E-state index is 0.273. The smallest absolute Gasteiger partial charge is 0.110 e. The van der Waals surface area contributed by atoms with E-state index in [0.717, 1.165) is 0 Å². The highest BCUT2D eigenvalue weighted by Gasteiger charge is 2.26. The summed E-state index contributed by atoms with van der Waals surface area (Å²) in [6, 6.07) is 0. The summed E-state index contributed by atoms with van der Waals surface area (Å²) < 4.78 is 0. The average Bonchev–Trinajstić information content (AvgIpc) is 2.09. The summed E-state index contributed by atoms with van der Waals surface area (Å²) in [6.45, 7) is 1.82. The van der Waals surface area contributed by atoms with E-state index in [-0.39, 0.29) is 5.57 Å². The molecule has 0 heterocycles. The molecule has 0 spiro atoms. The van der Waals surface area contributed by atoms with Crippen LogP contribution in [0, 0.1) is 0 Å². The monoisotopic (exact) mass is 183 g/mol. The van der Waals surface area contributed by atoms with E-state index in [9.17, 15) is 20.1 Å². The molecule has 4 heteroatoms. The van der Waals surface area contributed by atoms with Crippen LogP contribution in [0.25, 0.3) is 0 Å². The summed E-state index contributed by atoms with van der Waals surface area (Å²) in [5, 5.41) is 29.2. The molecular formula is C9H11O4-. The second kappa shape index (κ2) is 3.72. The van der Waals surface area contributed by atoms with E-state index in [0.29, 0.717) is 12.0 Å². The van der Waals surface area contributed by atoms with Crippen LogP contribution in [0.1, 0.15) is 13.3 Å². The summed E-state index contributed by atoms with van der Waals surface area (Å²) in [6.07, 6.45) is 0.858. The zero-order valence-electron chi connectivity index (χ0n) is 7.23. The van der Waals surface area contributed by atoms with Gasteiger partial charge in [0.1, 0.15) is 12.2 Å². The Morgan fingerprint density at radius 2 is 2.08 bits per heavy atom. The minimum atomic E-state index is -1.45. The molecule has 2 atom stereocenters. The van der Waals surface area contributed by atoms with Gasteiger partial charge in [-0.3, -0.25) is 0 Å². The lowest BCUT2D eigenvalue weighted by Crippen LogP contribution is -2.39. The van der Waals surface area contributed by atoms with Gasteiger partial charge in [0, 0.05) is 5.57 Å². The molecule has 1 aliphatic carbocycles. The van der Waals surface area contributed by atoms with E-state index >= 15 is 0 Å². The van der Waals surface area contributed by atoms with Crippen molar-refractivity contribution in [2.45, 2.75) is 25.6 Å². The Morgan fingerprint density at radius 1 is 1.46 bits per heavy atom. The number of carboxylic acids is 1. The van der Waals surface area contributed by atoms with E-state index in [1.807, 2.05) is 6.92 Å². The normalized spacial score (nSPS) is 27.9. The van der Waals surface area contributed by atoms with E-state index in [4.69, 9.17) is 0 Å². The third kappa shape index (κ3) is 1.79. The number of hydrogen-bond donors (Lipinski definition) is 2. The minimum Gasteiger partial charge on any atom is -0.545 e. The molecule has 0 saturated carbocycles. The van der Waals surface area contributed by atoms with Gasteiger partial charge in [0.15, 0.2) is 0 Å². The Morgan fingerprint density at radius 3 is 2.54 bits per heavy atom. The van der Waals surface area contributed by atoms with Crippen LogP contribution in [0.4, 0.5) is 0 Å².